The number of fused-ring (bicyclic) bond motifs is 1. The van der Waals surface area contributed by atoms with E-state index in [0.717, 1.165) is 4.47 Å². The van der Waals surface area contributed by atoms with Crippen LogP contribution in [0.4, 0.5) is 10.1 Å². The topological polar surface area (TPSA) is 67.9 Å². The summed E-state index contributed by atoms with van der Waals surface area (Å²) in [4.78, 5) is 26.6. The minimum absolute atomic E-state index is 0.111. The zero-order chi connectivity index (χ0) is 20.4. The quantitative estimate of drug-likeness (QED) is 0.741. The number of hydrogen-bond donors (Lipinski definition) is 1. The number of nitrogens with one attached hydrogen (secondary N) is 1. The van der Waals surface area contributed by atoms with Crippen molar-refractivity contribution in [2.45, 2.75) is 12.8 Å². The average molecular weight is 463 g/mol. The molecule has 8 heteroatoms. The first kappa shape index (κ1) is 19.7. The van der Waals surface area contributed by atoms with E-state index in [-0.39, 0.29) is 24.1 Å². The third kappa shape index (κ3) is 4.37. The molecule has 2 aliphatic rings. The van der Waals surface area contributed by atoms with E-state index in [0.29, 0.717) is 55.5 Å². The SMILES string of the molecule is O=C(NCCc1cc(Br)ccc1F)C1CC(=O)N(c2ccc3c(c2)OCCO3)C1. The first-order valence-electron chi connectivity index (χ1n) is 9.43. The summed E-state index contributed by atoms with van der Waals surface area (Å²) in [7, 11) is 0. The largest absolute Gasteiger partial charge is 0.486 e. The van der Waals surface area contributed by atoms with Crippen LogP contribution in [0.1, 0.15) is 12.0 Å². The second-order valence-electron chi connectivity index (χ2n) is 7.01. The van der Waals surface area contributed by atoms with E-state index in [4.69, 9.17) is 9.47 Å². The molecule has 2 heterocycles. The molecule has 0 saturated carbocycles. The van der Waals surface area contributed by atoms with Crippen molar-refractivity contribution in [1.82, 2.24) is 5.32 Å². The molecular weight excluding hydrogens is 443 g/mol. The molecule has 1 fully saturated rings. The number of ether oxygens (including phenoxy) is 2. The van der Waals surface area contributed by atoms with Crippen LogP contribution in [0.5, 0.6) is 11.5 Å². The highest BCUT2D eigenvalue weighted by molar-refractivity contribution is 9.10. The van der Waals surface area contributed by atoms with E-state index in [9.17, 15) is 14.0 Å². The van der Waals surface area contributed by atoms with E-state index in [1.165, 1.54) is 6.07 Å². The van der Waals surface area contributed by atoms with Crippen molar-refractivity contribution >= 4 is 33.4 Å². The van der Waals surface area contributed by atoms with Crippen LogP contribution in [0.15, 0.2) is 40.9 Å². The van der Waals surface area contributed by atoms with E-state index >= 15 is 0 Å². The maximum absolute atomic E-state index is 13.8. The Morgan fingerprint density at radius 3 is 2.79 bits per heavy atom. The van der Waals surface area contributed by atoms with Crippen LogP contribution in [0.3, 0.4) is 0 Å². The van der Waals surface area contributed by atoms with Crippen molar-refractivity contribution < 1.29 is 23.5 Å². The van der Waals surface area contributed by atoms with Crippen molar-refractivity contribution in [1.29, 1.82) is 0 Å². The maximum atomic E-state index is 13.8. The van der Waals surface area contributed by atoms with Gasteiger partial charge in [-0.1, -0.05) is 15.9 Å². The Hall–Kier alpha value is -2.61. The summed E-state index contributed by atoms with van der Waals surface area (Å²) in [5, 5.41) is 2.82. The Bertz CT molecular complexity index is 952. The summed E-state index contributed by atoms with van der Waals surface area (Å²) in [5.74, 6) is 0.200. The molecule has 29 heavy (non-hydrogen) atoms. The number of carbonyl (C=O) groups is 2. The van der Waals surface area contributed by atoms with Gasteiger partial charge in [-0.05, 0) is 42.3 Å². The molecule has 2 amide bonds. The number of carbonyl (C=O) groups excluding carboxylic acids is 2. The molecule has 0 spiro atoms. The standard InChI is InChI=1S/C21H20BrFN2O4/c22-15-1-3-17(23)13(9-15)5-6-24-21(27)14-10-20(26)25(12-14)16-2-4-18-19(11-16)29-8-7-28-18/h1-4,9,11,14H,5-8,10,12H2,(H,24,27). The Kier molecular flexibility index (Phi) is 5.71. The highest BCUT2D eigenvalue weighted by atomic mass is 79.9. The number of anilines is 1. The van der Waals surface area contributed by atoms with Gasteiger partial charge in [0.1, 0.15) is 19.0 Å². The number of hydrogen-bond acceptors (Lipinski definition) is 4. The summed E-state index contributed by atoms with van der Waals surface area (Å²) >= 11 is 3.32. The first-order valence-corrected chi connectivity index (χ1v) is 10.2. The molecule has 2 aliphatic heterocycles. The van der Waals surface area contributed by atoms with Crippen molar-refractivity contribution in [3.63, 3.8) is 0 Å². The van der Waals surface area contributed by atoms with Crippen LogP contribution < -0.4 is 19.7 Å². The van der Waals surface area contributed by atoms with Gasteiger partial charge in [0, 0.05) is 35.7 Å². The average Bonchev–Trinajstić information content (AvgIpc) is 3.12. The Morgan fingerprint density at radius 1 is 1.17 bits per heavy atom. The number of benzene rings is 2. The molecule has 1 unspecified atom stereocenters. The van der Waals surface area contributed by atoms with Gasteiger partial charge < -0.3 is 19.7 Å². The Morgan fingerprint density at radius 2 is 1.97 bits per heavy atom. The van der Waals surface area contributed by atoms with Crippen LogP contribution in [-0.4, -0.2) is 38.1 Å². The van der Waals surface area contributed by atoms with Gasteiger partial charge in [-0.2, -0.15) is 0 Å². The van der Waals surface area contributed by atoms with Crippen LogP contribution in [0.25, 0.3) is 0 Å². The van der Waals surface area contributed by atoms with Gasteiger partial charge in [0.15, 0.2) is 11.5 Å². The van der Waals surface area contributed by atoms with Gasteiger partial charge in [-0.3, -0.25) is 9.59 Å². The van der Waals surface area contributed by atoms with Crippen LogP contribution in [0, 0.1) is 11.7 Å². The van der Waals surface area contributed by atoms with Gasteiger partial charge in [-0.15, -0.1) is 0 Å². The molecular formula is C21H20BrFN2O4. The summed E-state index contributed by atoms with van der Waals surface area (Å²) in [6, 6.07) is 10.1. The lowest BCUT2D eigenvalue weighted by atomic mass is 10.1. The zero-order valence-electron chi connectivity index (χ0n) is 15.6. The molecule has 2 aromatic rings. The fraction of sp³-hybridized carbons (Fsp3) is 0.333. The van der Waals surface area contributed by atoms with E-state index in [1.54, 1.807) is 35.2 Å². The second kappa shape index (κ2) is 8.41. The van der Waals surface area contributed by atoms with Gasteiger partial charge >= 0.3 is 0 Å². The van der Waals surface area contributed by atoms with E-state index in [1.807, 2.05) is 0 Å². The maximum Gasteiger partial charge on any atom is 0.227 e. The van der Waals surface area contributed by atoms with Crippen LogP contribution in [-0.2, 0) is 16.0 Å². The molecule has 1 atom stereocenters. The Balaban J connectivity index is 1.35. The molecule has 6 nitrogen and oxygen atoms in total. The van der Waals surface area contributed by atoms with Gasteiger partial charge in [-0.25, -0.2) is 4.39 Å². The second-order valence-corrected chi connectivity index (χ2v) is 7.93. The molecule has 0 bridgehead atoms. The van der Waals surface area contributed by atoms with Gasteiger partial charge in [0.05, 0.1) is 5.92 Å². The van der Waals surface area contributed by atoms with Crippen LogP contribution in [0.2, 0.25) is 0 Å². The smallest absolute Gasteiger partial charge is 0.227 e. The van der Waals surface area contributed by atoms with Crippen molar-refractivity contribution in [2.24, 2.45) is 5.92 Å². The zero-order valence-corrected chi connectivity index (χ0v) is 17.2. The lowest BCUT2D eigenvalue weighted by molar-refractivity contribution is -0.126. The number of halogens is 2. The number of rotatable bonds is 5. The van der Waals surface area contributed by atoms with E-state index < -0.39 is 5.92 Å². The third-order valence-electron chi connectivity index (χ3n) is 5.03. The monoisotopic (exact) mass is 462 g/mol. The lowest BCUT2D eigenvalue weighted by Crippen LogP contribution is -2.34. The Labute approximate surface area is 176 Å². The molecule has 0 radical (unpaired) electrons. The highest BCUT2D eigenvalue weighted by Gasteiger charge is 2.35. The molecule has 152 valence electrons. The summed E-state index contributed by atoms with van der Waals surface area (Å²) < 4.78 is 25.7. The summed E-state index contributed by atoms with van der Waals surface area (Å²) in [5.41, 5.74) is 1.21. The molecule has 0 aromatic heterocycles. The molecule has 1 N–H and O–H groups in total. The van der Waals surface area contributed by atoms with E-state index in [2.05, 4.69) is 21.2 Å². The molecule has 0 aliphatic carbocycles. The fourth-order valence-corrected chi connectivity index (χ4v) is 3.94. The normalized spacial score (nSPS) is 18.1. The molecule has 2 aromatic carbocycles. The minimum Gasteiger partial charge on any atom is -0.486 e. The molecule has 1 saturated heterocycles. The van der Waals surface area contributed by atoms with Gasteiger partial charge in [0.2, 0.25) is 11.8 Å². The van der Waals surface area contributed by atoms with Crippen LogP contribution >= 0.6 is 15.9 Å². The van der Waals surface area contributed by atoms with Crippen molar-refractivity contribution in [2.75, 3.05) is 31.2 Å². The third-order valence-corrected chi connectivity index (χ3v) is 5.53. The number of nitrogens with zero attached hydrogens (tertiary/aromatic N) is 1. The first-order chi connectivity index (χ1) is 14.0. The molecule has 4 rings (SSSR count). The lowest BCUT2D eigenvalue weighted by Gasteiger charge is -2.22. The number of amides is 2. The minimum atomic E-state index is -0.442. The van der Waals surface area contributed by atoms with Gasteiger partial charge in [0.25, 0.3) is 0 Å². The predicted octanol–water partition coefficient (Wildman–Crippen LogP) is 3.07. The highest BCUT2D eigenvalue weighted by Crippen LogP contribution is 2.36. The fourth-order valence-electron chi connectivity index (χ4n) is 3.53. The van der Waals surface area contributed by atoms with Crippen molar-refractivity contribution in [3.05, 3.63) is 52.3 Å². The summed E-state index contributed by atoms with van der Waals surface area (Å²) in [6.45, 7) is 1.57. The predicted molar refractivity (Wildman–Crippen MR) is 109 cm³/mol. The summed E-state index contributed by atoms with van der Waals surface area (Å²) in [6.07, 6.45) is 0.523. The van der Waals surface area contributed by atoms with Crippen molar-refractivity contribution in [3.8, 4) is 11.5 Å².